The molecule has 2 atom stereocenters. The molecule has 8 nitrogen and oxygen atoms in total. The van der Waals surface area contributed by atoms with Crippen molar-refractivity contribution in [2.24, 2.45) is 10.2 Å². The summed E-state index contributed by atoms with van der Waals surface area (Å²) in [6.07, 6.45) is -2.10. The molecule has 0 unspecified atom stereocenters. The molecule has 1 fully saturated rings. The highest BCUT2D eigenvalue weighted by atomic mass is 35.5. The molecule has 0 aliphatic carbocycles. The van der Waals surface area contributed by atoms with Crippen LogP contribution in [0.5, 0.6) is 0 Å². The lowest BCUT2D eigenvalue weighted by molar-refractivity contribution is -0.138. The Morgan fingerprint density at radius 1 is 1.19 bits per heavy atom. The molecule has 0 bridgehead atoms. The van der Waals surface area contributed by atoms with E-state index in [9.17, 15) is 31.9 Å². The van der Waals surface area contributed by atoms with Crippen molar-refractivity contribution >= 4 is 64.3 Å². The van der Waals surface area contributed by atoms with Crippen LogP contribution in [0.3, 0.4) is 0 Å². The van der Waals surface area contributed by atoms with Gasteiger partial charge in [0, 0.05) is 42.0 Å². The van der Waals surface area contributed by atoms with E-state index in [4.69, 9.17) is 11.6 Å². The molecule has 0 radical (unpaired) electrons. The molecule has 1 aliphatic heterocycles. The third-order valence-electron chi connectivity index (χ3n) is 6.92. The molecule has 1 saturated heterocycles. The summed E-state index contributed by atoms with van der Waals surface area (Å²) >= 11 is 5.74. The normalized spacial score (nSPS) is 17.7. The monoisotopic (exact) mass is 603 g/mol. The van der Waals surface area contributed by atoms with Gasteiger partial charge in [-0.05, 0) is 55.3 Å². The number of fused-ring (bicyclic) bond motifs is 1. The number of carbonyl (C=O) groups is 3. The maximum absolute atomic E-state index is 14.5. The first kappa shape index (κ1) is 30.6. The Morgan fingerprint density at radius 2 is 1.93 bits per heavy atom. The predicted octanol–water partition coefficient (Wildman–Crippen LogP) is 6.18. The third-order valence-corrected chi connectivity index (χ3v) is 7.24. The number of rotatable bonds is 8. The van der Waals surface area contributed by atoms with Crippen LogP contribution in [0.15, 0.2) is 58.9 Å². The van der Waals surface area contributed by atoms with Crippen molar-refractivity contribution < 1.29 is 31.9 Å². The fourth-order valence-electron chi connectivity index (χ4n) is 4.92. The average molecular weight is 604 g/mol. The molecule has 1 aromatic heterocycles. The Morgan fingerprint density at radius 3 is 2.60 bits per heavy atom. The van der Waals surface area contributed by atoms with Crippen LogP contribution in [-0.4, -0.2) is 58.8 Å². The van der Waals surface area contributed by atoms with Gasteiger partial charge in [0.1, 0.15) is 18.8 Å². The zero-order chi connectivity index (χ0) is 30.8. The van der Waals surface area contributed by atoms with E-state index in [0.29, 0.717) is 16.5 Å². The van der Waals surface area contributed by atoms with Crippen molar-refractivity contribution in [1.82, 2.24) is 9.47 Å². The molecule has 1 N–H and O–H groups in total. The number of allylic oxidation sites excluding steroid dienone is 2. The number of amides is 2. The molecule has 2 amide bonds. The highest BCUT2D eigenvalue weighted by Gasteiger charge is 2.42. The number of ketones is 1. The minimum absolute atomic E-state index is 0.244. The molecule has 3 aromatic rings. The first-order valence-electron chi connectivity index (χ1n) is 12.7. The maximum atomic E-state index is 14.5. The fourth-order valence-corrected chi connectivity index (χ4v) is 5.20. The van der Waals surface area contributed by atoms with E-state index >= 15 is 0 Å². The van der Waals surface area contributed by atoms with Gasteiger partial charge >= 0.3 is 6.18 Å². The van der Waals surface area contributed by atoms with Gasteiger partial charge in [-0.2, -0.15) is 23.4 Å². The van der Waals surface area contributed by atoms with E-state index in [2.05, 4.69) is 22.2 Å². The van der Waals surface area contributed by atoms with Crippen molar-refractivity contribution in [3.63, 3.8) is 0 Å². The lowest BCUT2D eigenvalue weighted by Crippen LogP contribution is -2.44. The topological polar surface area (TPSA) is 96.1 Å². The molecular formula is C29H26ClF4N5O3. The number of hydrogen-bond acceptors (Lipinski definition) is 5. The largest absolute Gasteiger partial charge is 0.419 e. The van der Waals surface area contributed by atoms with Crippen LogP contribution in [0, 0.1) is 0 Å². The molecule has 4 rings (SSSR count). The number of Topliss-reactive ketones (excluding diaryl/α,β-unsaturated/α-hetero) is 1. The lowest BCUT2D eigenvalue weighted by atomic mass is 10.0. The van der Waals surface area contributed by atoms with Gasteiger partial charge in [-0.3, -0.25) is 14.4 Å². The lowest BCUT2D eigenvalue weighted by Gasteiger charge is -2.25. The number of nitrogens with zero attached hydrogens (tertiary/aromatic N) is 4. The number of benzene rings is 2. The molecule has 13 heteroatoms. The van der Waals surface area contributed by atoms with Gasteiger partial charge in [0.15, 0.2) is 5.78 Å². The summed E-state index contributed by atoms with van der Waals surface area (Å²) in [5.74, 6) is -1.86. The van der Waals surface area contributed by atoms with Gasteiger partial charge in [-0.1, -0.05) is 23.7 Å². The zero-order valence-electron chi connectivity index (χ0n) is 22.6. The quantitative estimate of drug-likeness (QED) is 0.144. The molecule has 0 spiro atoms. The Kier molecular flexibility index (Phi) is 8.95. The van der Waals surface area contributed by atoms with Gasteiger partial charge in [0.25, 0.3) is 0 Å². The van der Waals surface area contributed by atoms with Crippen LogP contribution in [0.25, 0.3) is 16.5 Å². The second-order valence-electron chi connectivity index (χ2n) is 9.76. The molecule has 220 valence electrons. The number of anilines is 1. The minimum atomic E-state index is -4.86. The van der Waals surface area contributed by atoms with Crippen molar-refractivity contribution in [1.29, 1.82) is 0 Å². The van der Waals surface area contributed by atoms with E-state index in [1.165, 1.54) is 30.0 Å². The number of likely N-dealkylation sites (tertiary alicyclic amines) is 1. The minimum Gasteiger partial charge on any atom is -0.337 e. The summed E-state index contributed by atoms with van der Waals surface area (Å²) in [6, 6.07) is 7.27. The van der Waals surface area contributed by atoms with Crippen molar-refractivity contribution in [2.75, 3.05) is 11.9 Å². The maximum Gasteiger partial charge on any atom is 0.419 e. The van der Waals surface area contributed by atoms with Gasteiger partial charge < -0.3 is 14.8 Å². The van der Waals surface area contributed by atoms with Crippen molar-refractivity contribution in [3.05, 3.63) is 70.4 Å². The van der Waals surface area contributed by atoms with Crippen molar-refractivity contribution in [3.8, 4) is 0 Å². The standard InChI is InChI=1S/C29H26ClF4N5O3/c1-16(9-10-36-35-3)18-7-8-24-20(11-18)21(17(2)40)14-38(24)15-26(41)39-13-19(31)12-25(39)28(42)37-23-6-4-5-22(30)27(23)29(32,33)34/h4-11,14,19,25H,3,12-13,15H2,1-2H3,(H,37,42)/b16-9+,36-10-/t19-,25+/m1/s1. The van der Waals surface area contributed by atoms with Gasteiger partial charge in [-0.15, -0.1) is 0 Å². The Hall–Kier alpha value is -4.32. The number of nitrogens with one attached hydrogen (secondary N) is 1. The smallest absolute Gasteiger partial charge is 0.337 e. The third kappa shape index (κ3) is 6.43. The van der Waals surface area contributed by atoms with Crippen LogP contribution in [0.1, 0.15) is 41.8 Å². The second kappa shape index (κ2) is 12.3. The van der Waals surface area contributed by atoms with E-state index in [0.717, 1.165) is 28.2 Å². The highest BCUT2D eigenvalue weighted by molar-refractivity contribution is 6.32. The van der Waals surface area contributed by atoms with E-state index in [-0.39, 0.29) is 18.7 Å². The van der Waals surface area contributed by atoms with Gasteiger partial charge in [0.2, 0.25) is 11.8 Å². The molecule has 2 heterocycles. The van der Waals surface area contributed by atoms with Crippen LogP contribution in [-0.2, 0) is 22.3 Å². The molecular weight excluding hydrogens is 578 g/mol. The summed E-state index contributed by atoms with van der Waals surface area (Å²) in [5.41, 5.74) is 0.698. The Balaban J connectivity index is 1.61. The Labute approximate surface area is 243 Å². The molecule has 1 aliphatic rings. The van der Waals surface area contributed by atoms with Gasteiger partial charge in [-0.25, -0.2) is 4.39 Å². The zero-order valence-corrected chi connectivity index (χ0v) is 23.3. The SMILES string of the molecule is C=N/N=C\C=C(/C)c1ccc2c(c1)c(C(C)=O)cn2CC(=O)N1C[C@H](F)C[C@H]1C(=O)Nc1cccc(Cl)c1C(F)(F)F. The van der Waals surface area contributed by atoms with Crippen LogP contribution in [0.4, 0.5) is 23.2 Å². The second-order valence-corrected chi connectivity index (χ2v) is 10.2. The average Bonchev–Trinajstić information content (AvgIpc) is 3.48. The molecule has 42 heavy (non-hydrogen) atoms. The van der Waals surface area contributed by atoms with Crippen molar-refractivity contribution in [2.45, 2.75) is 45.2 Å². The summed E-state index contributed by atoms with van der Waals surface area (Å²) in [7, 11) is 0. The number of alkyl halides is 4. The van der Waals surface area contributed by atoms with Crippen LogP contribution in [0.2, 0.25) is 5.02 Å². The number of hydrogen-bond donors (Lipinski definition) is 1. The highest BCUT2D eigenvalue weighted by Crippen LogP contribution is 2.40. The van der Waals surface area contributed by atoms with Crippen LogP contribution >= 0.6 is 11.6 Å². The van der Waals surface area contributed by atoms with E-state index < -0.39 is 53.0 Å². The number of aromatic nitrogens is 1. The molecule has 0 saturated carbocycles. The van der Waals surface area contributed by atoms with E-state index in [1.807, 2.05) is 6.92 Å². The van der Waals surface area contributed by atoms with E-state index in [1.54, 1.807) is 24.3 Å². The first-order valence-corrected chi connectivity index (χ1v) is 13.1. The summed E-state index contributed by atoms with van der Waals surface area (Å²) in [6.45, 7) is 5.76. The first-order chi connectivity index (χ1) is 19.8. The number of halogens is 5. The number of carbonyl (C=O) groups excluding carboxylic acids is 3. The summed E-state index contributed by atoms with van der Waals surface area (Å²) in [5, 5.41) is 9.23. The van der Waals surface area contributed by atoms with Gasteiger partial charge in [0.05, 0.1) is 22.8 Å². The predicted molar refractivity (Wildman–Crippen MR) is 154 cm³/mol. The summed E-state index contributed by atoms with van der Waals surface area (Å²) in [4.78, 5) is 39.9. The Bertz CT molecular complexity index is 1630. The molecule has 2 aromatic carbocycles. The van der Waals surface area contributed by atoms with Crippen LogP contribution < -0.4 is 5.32 Å². The fraction of sp³-hybridized carbons (Fsp3) is 0.276. The summed E-state index contributed by atoms with van der Waals surface area (Å²) < 4.78 is 56.7.